The first-order valence-electron chi connectivity index (χ1n) is 13.5. The Labute approximate surface area is 236 Å². The third kappa shape index (κ3) is 7.72. The van der Waals surface area contributed by atoms with Gasteiger partial charge in [0.1, 0.15) is 5.75 Å². The maximum atomic E-state index is 13.5. The predicted octanol–water partition coefficient (Wildman–Crippen LogP) is 4.18. The van der Waals surface area contributed by atoms with Gasteiger partial charge in [0.25, 0.3) is 5.91 Å². The van der Waals surface area contributed by atoms with Gasteiger partial charge in [-0.05, 0) is 52.8 Å². The Morgan fingerprint density at radius 1 is 1.00 bits per heavy atom. The molecule has 0 fully saturated rings. The van der Waals surface area contributed by atoms with Gasteiger partial charge in [-0.2, -0.15) is 0 Å². The van der Waals surface area contributed by atoms with Gasteiger partial charge in [0.15, 0.2) is 0 Å². The van der Waals surface area contributed by atoms with Crippen molar-refractivity contribution in [2.45, 2.75) is 51.3 Å². The van der Waals surface area contributed by atoms with Crippen LogP contribution in [0.2, 0.25) is 0 Å². The first kappa shape index (κ1) is 29.3. The summed E-state index contributed by atoms with van der Waals surface area (Å²) in [5.74, 6) is -0.296. The van der Waals surface area contributed by atoms with E-state index in [1.807, 2.05) is 86.6 Å². The number of amides is 1. The number of benzene rings is 3. The lowest BCUT2D eigenvalue weighted by Gasteiger charge is -2.29. The fourth-order valence-corrected chi connectivity index (χ4v) is 4.84. The lowest BCUT2D eigenvalue weighted by atomic mass is 9.74. The molecule has 0 spiro atoms. The van der Waals surface area contributed by atoms with E-state index in [0.29, 0.717) is 18.7 Å². The molecule has 0 radical (unpaired) electrons. The van der Waals surface area contributed by atoms with E-state index in [4.69, 9.17) is 14.3 Å². The van der Waals surface area contributed by atoms with Crippen molar-refractivity contribution in [3.8, 4) is 16.9 Å². The normalized spacial score (nSPS) is 17.2. The van der Waals surface area contributed by atoms with Crippen LogP contribution in [-0.4, -0.2) is 54.0 Å². The van der Waals surface area contributed by atoms with Crippen molar-refractivity contribution in [1.82, 2.24) is 5.32 Å². The van der Waals surface area contributed by atoms with Crippen molar-refractivity contribution in [2.24, 2.45) is 11.1 Å². The third-order valence-electron chi connectivity index (χ3n) is 6.85. The third-order valence-corrected chi connectivity index (χ3v) is 6.85. The first-order valence-corrected chi connectivity index (χ1v) is 13.5. The van der Waals surface area contributed by atoms with Crippen molar-refractivity contribution >= 4 is 18.7 Å². The van der Waals surface area contributed by atoms with E-state index in [1.54, 1.807) is 7.11 Å². The molecule has 0 aliphatic carbocycles. The number of ether oxygens (including phenoxy) is 2. The van der Waals surface area contributed by atoms with Gasteiger partial charge < -0.3 is 29.7 Å². The number of nitrogens with zero attached hydrogens (tertiary/aromatic N) is 1. The highest BCUT2D eigenvalue weighted by Crippen LogP contribution is 2.30. The maximum absolute atomic E-state index is 13.5. The Hall–Kier alpha value is -3.66. The average molecular weight is 544 g/mol. The Kier molecular flexibility index (Phi) is 9.98. The monoisotopic (exact) mass is 544 g/mol. The standard InChI is InChI=1S/C31H37BN2O6/c1-22(2)15-29(32(36)37)33-30(35)31(18-23-9-5-4-6-10-23)19-27(34-40-31)21-39-20-24-11-7-12-25(16-24)26-13-8-14-28(17-26)38-3/h4-14,16-17,22,29,36-37H,15,18-21H2,1-3H3,(H,33,35)/t29-,31?/m0/s1. The van der Waals surface area contributed by atoms with Gasteiger partial charge in [-0.3, -0.25) is 4.79 Å². The van der Waals surface area contributed by atoms with Crippen molar-refractivity contribution in [2.75, 3.05) is 13.7 Å². The molecule has 1 aliphatic rings. The van der Waals surface area contributed by atoms with Crippen LogP contribution in [0.4, 0.5) is 0 Å². The van der Waals surface area contributed by atoms with Crippen LogP contribution in [0.15, 0.2) is 84.0 Å². The zero-order chi connectivity index (χ0) is 28.5. The summed E-state index contributed by atoms with van der Waals surface area (Å²) in [5, 5.41) is 26.8. The number of hydrogen-bond acceptors (Lipinski definition) is 7. The van der Waals surface area contributed by atoms with Crippen LogP contribution in [0.5, 0.6) is 5.75 Å². The Morgan fingerprint density at radius 3 is 2.40 bits per heavy atom. The van der Waals surface area contributed by atoms with E-state index >= 15 is 0 Å². The van der Waals surface area contributed by atoms with Crippen LogP contribution in [0.1, 0.15) is 37.8 Å². The van der Waals surface area contributed by atoms with E-state index in [-0.39, 0.29) is 25.4 Å². The number of oxime groups is 1. The molecular weight excluding hydrogens is 507 g/mol. The predicted molar refractivity (Wildman–Crippen MR) is 156 cm³/mol. The van der Waals surface area contributed by atoms with Gasteiger partial charge in [0.05, 0.1) is 32.0 Å². The lowest BCUT2D eigenvalue weighted by Crippen LogP contribution is -2.56. The van der Waals surface area contributed by atoms with E-state index < -0.39 is 24.6 Å². The molecule has 1 heterocycles. The van der Waals surface area contributed by atoms with Crippen LogP contribution in [0.25, 0.3) is 11.1 Å². The Balaban J connectivity index is 1.41. The van der Waals surface area contributed by atoms with Crippen LogP contribution < -0.4 is 10.1 Å². The molecule has 2 atom stereocenters. The average Bonchev–Trinajstić information content (AvgIpc) is 3.37. The van der Waals surface area contributed by atoms with Crippen LogP contribution in [-0.2, 0) is 27.4 Å². The number of nitrogens with one attached hydrogen (secondary N) is 1. The molecule has 0 bridgehead atoms. The zero-order valence-electron chi connectivity index (χ0n) is 23.2. The number of carbonyl (C=O) groups excluding carboxylic acids is 1. The molecule has 1 aliphatic heterocycles. The van der Waals surface area contributed by atoms with Gasteiger partial charge in [-0.25, -0.2) is 0 Å². The summed E-state index contributed by atoms with van der Waals surface area (Å²) in [6.45, 7) is 4.48. The van der Waals surface area contributed by atoms with E-state index in [0.717, 1.165) is 28.0 Å². The summed E-state index contributed by atoms with van der Waals surface area (Å²) in [5.41, 5.74) is 3.32. The number of methoxy groups -OCH3 is 1. The topological polar surface area (TPSA) is 110 Å². The second kappa shape index (κ2) is 13.6. The highest BCUT2D eigenvalue weighted by Gasteiger charge is 2.48. The minimum Gasteiger partial charge on any atom is -0.497 e. The summed E-state index contributed by atoms with van der Waals surface area (Å²) in [4.78, 5) is 19.4. The van der Waals surface area contributed by atoms with Gasteiger partial charge in [-0.1, -0.05) is 79.7 Å². The SMILES string of the molecule is COc1cccc(-c2cccc(COCC3=NOC(Cc4ccccc4)(C(=O)N[C@@H](CC(C)C)B(O)O)C3)c2)c1. The first-order chi connectivity index (χ1) is 19.3. The van der Waals surface area contributed by atoms with E-state index in [9.17, 15) is 14.8 Å². The van der Waals surface area contributed by atoms with E-state index in [2.05, 4.69) is 16.5 Å². The molecule has 0 saturated carbocycles. The molecule has 8 nitrogen and oxygen atoms in total. The molecule has 1 amide bonds. The lowest BCUT2D eigenvalue weighted by molar-refractivity contribution is -0.144. The largest absolute Gasteiger partial charge is 0.497 e. The van der Waals surface area contributed by atoms with Crippen molar-refractivity contribution < 1.29 is 29.2 Å². The van der Waals surface area contributed by atoms with Crippen molar-refractivity contribution in [1.29, 1.82) is 0 Å². The van der Waals surface area contributed by atoms with E-state index in [1.165, 1.54) is 0 Å². The van der Waals surface area contributed by atoms with Gasteiger partial charge in [-0.15, -0.1) is 0 Å². The van der Waals surface area contributed by atoms with Crippen LogP contribution in [0, 0.1) is 5.92 Å². The van der Waals surface area contributed by atoms with Gasteiger partial charge in [0.2, 0.25) is 5.60 Å². The Bertz CT molecular complexity index is 1300. The fourth-order valence-electron chi connectivity index (χ4n) is 4.84. The van der Waals surface area contributed by atoms with Crippen LogP contribution in [0.3, 0.4) is 0 Å². The molecule has 0 aromatic heterocycles. The molecule has 3 aromatic rings. The van der Waals surface area contributed by atoms with Gasteiger partial charge >= 0.3 is 7.12 Å². The smallest absolute Gasteiger partial charge is 0.475 e. The fraction of sp³-hybridized carbons (Fsp3) is 0.355. The minimum absolute atomic E-state index is 0.157. The summed E-state index contributed by atoms with van der Waals surface area (Å²) in [6, 6.07) is 25.6. The number of carbonyl (C=O) groups is 1. The molecule has 40 heavy (non-hydrogen) atoms. The molecular formula is C31H37BN2O6. The van der Waals surface area contributed by atoms with Crippen molar-refractivity contribution in [3.05, 3.63) is 90.0 Å². The molecule has 3 aromatic carbocycles. The zero-order valence-corrected chi connectivity index (χ0v) is 23.2. The maximum Gasteiger partial charge on any atom is 0.475 e. The minimum atomic E-state index is -1.68. The quantitative estimate of drug-likeness (QED) is 0.279. The molecule has 3 N–H and O–H groups in total. The highest BCUT2D eigenvalue weighted by molar-refractivity contribution is 6.43. The molecule has 9 heteroatoms. The highest BCUT2D eigenvalue weighted by atomic mass is 16.7. The van der Waals surface area contributed by atoms with Crippen molar-refractivity contribution in [3.63, 3.8) is 0 Å². The second-order valence-electron chi connectivity index (χ2n) is 10.6. The van der Waals surface area contributed by atoms with Gasteiger partial charge in [0, 0.05) is 12.8 Å². The summed E-state index contributed by atoms with van der Waals surface area (Å²) < 4.78 is 11.3. The number of rotatable bonds is 13. The summed E-state index contributed by atoms with van der Waals surface area (Å²) >= 11 is 0. The second-order valence-corrected chi connectivity index (χ2v) is 10.6. The summed E-state index contributed by atoms with van der Waals surface area (Å²) in [7, 11) is -0.0326. The molecule has 1 unspecified atom stereocenters. The number of hydrogen-bond donors (Lipinski definition) is 3. The molecule has 210 valence electrons. The molecule has 4 rings (SSSR count). The Morgan fingerprint density at radius 2 is 1.70 bits per heavy atom. The molecule has 0 saturated heterocycles. The summed E-state index contributed by atoms with van der Waals surface area (Å²) in [6.07, 6.45) is 0.926. The van der Waals surface area contributed by atoms with Crippen LogP contribution >= 0.6 is 0 Å².